The van der Waals surface area contributed by atoms with Crippen LogP contribution >= 0.6 is 12.4 Å². The molecule has 1 rings (SSSR count). The number of hydrogen-bond donors (Lipinski definition) is 2. The summed E-state index contributed by atoms with van der Waals surface area (Å²) in [6.45, 7) is 3.66. The van der Waals surface area contributed by atoms with E-state index in [1.54, 1.807) is 0 Å². The number of carbonyl (C=O) groups excluding carboxylic acids is 1. The van der Waals surface area contributed by atoms with Crippen LogP contribution in [0.1, 0.15) is 64.7 Å². The molecule has 0 aliphatic heterocycles. The van der Waals surface area contributed by atoms with Crippen LogP contribution in [-0.4, -0.2) is 19.0 Å². The molecule has 1 fully saturated rings. The van der Waals surface area contributed by atoms with Crippen molar-refractivity contribution in [3.8, 4) is 0 Å². The van der Waals surface area contributed by atoms with Crippen molar-refractivity contribution < 1.29 is 4.79 Å². The molecule has 3 nitrogen and oxygen atoms in total. The topological polar surface area (TPSA) is 55.1 Å². The minimum absolute atomic E-state index is 0. The molecule has 1 saturated carbocycles. The summed E-state index contributed by atoms with van der Waals surface area (Å²) in [5, 5.41) is 3.03. The maximum Gasteiger partial charge on any atom is 0.220 e. The number of halogens is 1. The van der Waals surface area contributed by atoms with Gasteiger partial charge in [-0.05, 0) is 31.2 Å². The van der Waals surface area contributed by atoms with Crippen LogP contribution in [-0.2, 0) is 4.79 Å². The standard InChI is InChI=1S/C14H28N2O.ClH/c1-2-3-7-10-16-13(17)11-14(12-15)8-5-4-6-9-14;/h2-12,15H2,1H3,(H,16,17);1H. The SMILES string of the molecule is CCCCCNC(=O)CC1(CN)CCCCC1.Cl. The highest BCUT2D eigenvalue weighted by Gasteiger charge is 2.32. The van der Waals surface area contributed by atoms with Crippen molar-refractivity contribution in [2.24, 2.45) is 11.1 Å². The molecule has 18 heavy (non-hydrogen) atoms. The first-order chi connectivity index (χ1) is 8.22. The summed E-state index contributed by atoms with van der Waals surface area (Å²) in [5.74, 6) is 0.202. The van der Waals surface area contributed by atoms with Gasteiger partial charge >= 0.3 is 0 Å². The van der Waals surface area contributed by atoms with Crippen LogP contribution < -0.4 is 11.1 Å². The normalized spacial score (nSPS) is 17.9. The lowest BCUT2D eigenvalue weighted by Crippen LogP contribution is -2.38. The van der Waals surface area contributed by atoms with Crippen molar-refractivity contribution >= 4 is 18.3 Å². The highest BCUT2D eigenvalue weighted by atomic mass is 35.5. The van der Waals surface area contributed by atoms with Gasteiger partial charge in [0.05, 0.1) is 0 Å². The fourth-order valence-corrected chi connectivity index (χ4v) is 2.76. The van der Waals surface area contributed by atoms with Gasteiger partial charge in [-0.25, -0.2) is 0 Å². The summed E-state index contributed by atoms with van der Waals surface area (Å²) in [7, 11) is 0. The van der Waals surface area contributed by atoms with Crippen LogP contribution in [0.15, 0.2) is 0 Å². The zero-order valence-electron chi connectivity index (χ0n) is 11.7. The van der Waals surface area contributed by atoms with Crippen molar-refractivity contribution in [2.45, 2.75) is 64.7 Å². The predicted molar refractivity (Wildman–Crippen MR) is 79.0 cm³/mol. The quantitative estimate of drug-likeness (QED) is 0.703. The lowest BCUT2D eigenvalue weighted by Gasteiger charge is -2.35. The van der Waals surface area contributed by atoms with E-state index in [2.05, 4.69) is 12.2 Å². The van der Waals surface area contributed by atoms with Gasteiger partial charge in [0.15, 0.2) is 0 Å². The van der Waals surface area contributed by atoms with Crippen molar-refractivity contribution in [2.75, 3.05) is 13.1 Å². The Morgan fingerprint density at radius 3 is 2.44 bits per heavy atom. The molecule has 1 aliphatic rings. The van der Waals surface area contributed by atoms with E-state index in [9.17, 15) is 4.79 Å². The van der Waals surface area contributed by atoms with Gasteiger partial charge in [0.1, 0.15) is 0 Å². The lowest BCUT2D eigenvalue weighted by molar-refractivity contribution is -0.123. The molecule has 1 aliphatic carbocycles. The van der Waals surface area contributed by atoms with E-state index in [0.717, 1.165) is 25.8 Å². The van der Waals surface area contributed by atoms with E-state index in [-0.39, 0.29) is 23.7 Å². The summed E-state index contributed by atoms with van der Waals surface area (Å²) in [5.41, 5.74) is 5.99. The lowest BCUT2D eigenvalue weighted by atomic mass is 9.71. The van der Waals surface area contributed by atoms with E-state index in [0.29, 0.717) is 13.0 Å². The Bertz CT molecular complexity index is 228. The number of nitrogens with one attached hydrogen (secondary N) is 1. The number of unbranched alkanes of at least 4 members (excludes halogenated alkanes) is 2. The third-order valence-electron chi connectivity index (χ3n) is 3.99. The molecule has 0 aromatic carbocycles. The fraction of sp³-hybridized carbons (Fsp3) is 0.929. The average molecular weight is 277 g/mol. The smallest absolute Gasteiger partial charge is 0.220 e. The summed E-state index contributed by atoms with van der Waals surface area (Å²) in [6, 6.07) is 0. The second kappa shape index (κ2) is 9.62. The monoisotopic (exact) mass is 276 g/mol. The van der Waals surface area contributed by atoms with E-state index < -0.39 is 0 Å². The van der Waals surface area contributed by atoms with Crippen LogP contribution in [0.4, 0.5) is 0 Å². The van der Waals surface area contributed by atoms with E-state index in [1.807, 2.05) is 0 Å². The zero-order chi connectivity index (χ0) is 12.6. The summed E-state index contributed by atoms with van der Waals surface area (Å²) in [4.78, 5) is 11.9. The highest BCUT2D eigenvalue weighted by Crippen LogP contribution is 2.38. The molecule has 3 N–H and O–H groups in total. The van der Waals surface area contributed by atoms with Gasteiger partial charge in [-0.2, -0.15) is 0 Å². The van der Waals surface area contributed by atoms with Gasteiger partial charge in [-0.3, -0.25) is 4.79 Å². The molecule has 1 amide bonds. The Labute approximate surface area is 118 Å². The third kappa shape index (κ3) is 6.05. The maximum absolute atomic E-state index is 11.9. The highest BCUT2D eigenvalue weighted by molar-refractivity contribution is 5.85. The largest absolute Gasteiger partial charge is 0.356 e. The second-order valence-electron chi connectivity index (χ2n) is 5.50. The number of carbonyl (C=O) groups is 1. The van der Waals surface area contributed by atoms with E-state index >= 15 is 0 Å². The molecule has 0 aromatic rings. The van der Waals surface area contributed by atoms with Crippen molar-refractivity contribution in [3.63, 3.8) is 0 Å². The van der Waals surface area contributed by atoms with Gasteiger partial charge in [-0.1, -0.05) is 39.0 Å². The number of amides is 1. The Kier molecular flexibility index (Phi) is 9.47. The second-order valence-corrected chi connectivity index (χ2v) is 5.50. The van der Waals surface area contributed by atoms with Crippen LogP contribution in [0.3, 0.4) is 0 Å². The molecule has 0 bridgehead atoms. The summed E-state index contributed by atoms with van der Waals surface area (Å²) < 4.78 is 0. The number of nitrogens with two attached hydrogens (primary N) is 1. The number of hydrogen-bond acceptors (Lipinski definition) is 2. The van der Waals surface area contributed by atoms with Gasteiger partial charge < -0.3 is 11.1 Å². The van der Waals surface area contributed by atoms with Crippen molar-refractivity contribution in [1.82, 2.24) is 5.32 Å². The van der Waals surface area contributed by atoms with Gasteiger partial charge in [0.2, 0.25) is 5.91 Å². The van der Waals surface area contributed by atoms with Crippen molar-refractivity contribution in [1.29, 1.82) is 0 Å². The molecule has 0 atom stereocenters. The zero-order valence-corrected chi connectivity index (χ0v) is 12.5. The first-order valence-electron chi connectivity index (χ1n) is 7.19. The number of rotatable bonds is 7. The third-order valence-corrected chi connectivity index (χ3v) is 3.99. The average Bonchev–Trinajstić information content (AvgIpc) is 2.36. The molecule has 0 saturated heterocycles. The van der Waals surface area contributed by atoms with Crippen LogP contribution in [0, 0.1) is 5.41 Å². The minimum Gasteiger partial charge on any atom is -0.356 e. The molecular weight excluding hydrogens is 248 g/mol. The Morgan fingerprint density at radius 2 is 1.89 bits per heavy atom. The van der Waals surface area contributed by atoms with Gasteiger partial charge in [-0.15, -0.1) is 12.4 Å². The molecule has 0 unspecified atom stereocenters. The summed E-state index contributed by atoms with van der Waals surface area (Å²) in [6.07, 6.45) is 10.2. The van der Waals surface area contributed by atoms with Gasteiger partial charge in [0.25, 0.3) is 0 Å². The Morgan fingerprint density at radius 1 is 1.22 bits per heavy atom. The van der Waals surface area contributed by atoms with Crippen LogP contribution in [0.2, 0.25) is 0 Å². The first-order valence-corrected chi connectivity index (χ1v) is 7.19. The van der Waals surface area contributed by atoms with Crippen LogP contribution in [0.25, 0.3) is 0 Å². The molecule has 0 spiro atoms. The fourth-order valence-electron chi connectivity index (χ4n) is 2.76. The maximum atomic E-state index is 11.9. The molecule has 0 aromatic heterocycles. The van der Waals surface area contributed by atoms with Crippen LogP contribution in [0.5, 0.6) is 0 Å². The van der Waals surface area contributed by atoms with Crippen molar-refractivity contribution in [3.05, 3.63) is 0 Å². The Hall–Kier alpha value is -0.280. The molecular formula is C14H29ClN2O. The molecule has 0 radical (unpaired) electrons. The Balaban J connectivity index is 0.00000289. The minimum atomic E-state index is 0. The summed E-state index contributed by atoms with van der Waals surface area (Å²) >= 11 is 0. The predicted octanol–water partition coefficient (Wildman–Crippen LogP) is 3.01. The molecule has 4 heteroatoms. The van der Waals surface area contributed by atoms with Gasteiger partial charge in [0, 0.05) is 13.0 Å². The van der Waals surface area contributed by atoms with E-state index in [1.165, 1.54) is 32.1 Å². The first kappa shape index (κ1) is 17.7. The van der Waals surface area contributed by atoms with E-state index in [4.69, 9.17) is 5.73 Å². The molecule has 108 valence electrons. The molecule has 0 heterocycles.